The van der Waals surface area contributed by atoms with Crippen LogP contribution in [-0.4, -0.2) is 9.97 Å². The van der Waals surface area contributed by atoms with Crippen molar-refractivity contribution in [3.63, 3.8) is 0 Å². The van der Waals surface area contributed by atoms with Crippen molar-refractivity contribution in [1.29, 1.82) is 0 Å². The second-order valence-corrected chi connectivity index (χ2v) is 3.67. The lowest BCUT2D eigenvalue weighted by Crippen LogP contribution is -1.97. The number of hydrogen-bond acceptors (Lipinski definition) is 2. The molecule has 0 amide bonds. The van der Waals surface area contributed by atoms with Crippen molar-refractivity contribution in [2.45, 2.75) is 12.8 Å². The molecular weight excluding hydrogens is 208 g/mol. The van der Waals surface area contributed by atoms with Crippen molar-refractivity contribution >= 4 is 11.6 Å². The summed E-state index contributed by atoms with van der Waals surface area (Å²) < 4.78 is 0. The van der Waals surface area contributed by atoms with Crippen LogP contribution in [-0.2, 0) is 12.8 Å². The molecule has 15 heavy (non-hydrogen) atoms. The summed E-state index contributed by atoms with van der Waals surface area (Å²) in [5.74, 6) is 0.798. The molecule has 76 valence electrons. The molecule has 0 aliphatic rings. The van der Waals surface area contributed by atoms with Crippen LogP contribution in [0.4, 0.5) is 0 Å². The van der Waals surface area contributed by atoms with E-state index < -0.39 is 0 Å². The highest BCUT2D eigenvalue weighted by Gasteiger charge is 1.98. The normalized spacial score (nSPS) is 10.2. The average molecular weight is 219 g/mol. The van der Waals surface area contributed by atoms with Crippen molar-refractivity contribution in [2.75, 3.05) is 0 Å². The van der Waals surface area contributed by atoms with E-state index in [1.54, 1.807) is 12.3 Å². The molecule has 0 fully saturated rings. The number of aryl methyl sites for hydroxylation is 2. The Morgan fingerprint density at radius 2 is 1.80 bits per heavy atom. The number of nitrogens with zero attached hydrogens (tertiary/aromatic N) is 2. The van der Waals surface area contributed by atoms with Crippen LogP contribution in [0.3, 0.4) is 0 Å². The van der Waals surface area contributed by atoms with E-state index >= 15 is 0 Å². The van der Waals surface area contributed by atoms with Crippen LogP contribution in [0.5, 0.6) is 0 Å². The molecule has 0 spiro atoms. The minimum atomic E-state index is 0.507. The summed E-state index contributed by atoms with van der Waals surface area (Å²) in [6, 6.07) is 12.0. The highest BCUT2D eigenvalue weighted by molar-refractivity contribution is 6.29. The summed E-state index contributed by atoms with van der Waals surface area (Å²) in [4.78, 5) is 8.30. The van der Waals surface area contributed by atoms with E-state index in [0.29, 0.717) is 5.15 Å². The largest absolute Gasteiger partial charge is 0.241 e. The fourth-order valence-electron chi connectivity index (χ4n) is 1.40. The van der Waals surface area contributed by atoms with E-state index in [0.717, 1.165) is 18.7 Å². The van der Waals surface area contributed by atoms with Gasteiger partial charge in [0.2, 0.25) is 0 Å². The Morgan fingerprint density at radius 1 is 1.00 bits per heavy atom. The molecule has 2 nitrogen and oxygen atoms in total. The molecule has 1 heterocycles. The van der Waals surface area contributed by atoms with Crippen LogP contribution in [0.25, 0.3) is 0 Å². The fourth-order valence-corrected chi connectivity index (χ4v) is 1.55. The quantitative estimate of drug-likeness (QED) is 0.741. The van der Waals surface area contributed by atoms with Gasteiger partial charge in [-0.3, -0.25) is 0 Å². The SMILES string of the molecule is Clc1ccnc(CCc2ccccc2)n1. The molecule has 0 saturated carbocycles. The first-order chi connectivity index (χ1) is 7.34. The zero-order valence-corrected chi connectivity index (χ0v) is 8.98. The maximum Gasteiger partial charge on any atom is 0.132 e. The molecule has 0 bridgehead atoms. The minimum absolute atomic E-state index is 0.507. The molecule has 0 saturated heterocycles. The third kappa shape index (κ3) is 3.03. The van der Waals surface area contributed by atoms with E-state index in [4.69, 9.17) is 11.6 Å². The fraction of sp³-hybridized carbons (Fsp3) is 0.167. The average Bonchev–Trinajstić information content (AvgIpc) is 2.28. The smallest absolute Gasteiger partial charge is 0.132 e. The number of rotatable bonds is 3. The van der Waals surface area contributed by atoms with E-state index in [1.807, 2.05) is 18.2 Å². The topological polar surface area (TPSA) is 25.8 Å². The maximum atomic E-state index is 5.78. The summed E-state index contributed by atoms with van der Waals surface area (Å²) in [5.41, 5.74) is 1.29. The van der Waals surface area contributed by atoms with Crippen LogP contribution in [0.15, 0.2) is 42.6 Å². The van der Waals surface area contributed by atoms with Crippen LogP contribution in [0.2, 0.25) is 5.15 Å². The van der Waals surface area contributed by atoms with Crippen LogP contribution >= 0.6 is 11.6 Å². The van der Waals surface area contributed by atoms with Crippen molar-refractivity contribution in [2.24, 2.45) is 0 Å². The van der Waals surface area contributed by atoms with Gasteiger partial charge in [0, 0.05) is 12.6 Å². The van der Waals surface area contributed by atoms with E-state index in [9.17, 15) is 0 Å². The van der Waals surface area contributed by atoms with Gasteiger partial charge in [-0.2, -0.15) is 0 Å². The van der Waals surface area contributed by atoms with E-state index in [1.165, 1.54) is 5.56 Å². The first kappa shape index (κ1) is 10.1. The second kappa shape index (κ2) is 4.89. The van der Waals surface area contributed by atoms with Crippen LogP contribution in [0, 0.1) is 0 Å². The lowest BCUT2D eigenvalue weighted by Gasteiger charge is -2.00. The molecule has 0 N–H and O–H groups in total. The third-order valence-electron chi connectivity index (χ3n) is 2.15. The number of benzene rings is 1. The zero-order chi connectivity index (χ0) is 10.5. The van der Waals surface area contributed by atoms with Crippen molar-refractivity contribution in [3.05, 3.63) is 59.1 Å². The van der Waals surface area contributed by atoms with E-state index in [2.05, 4.69) is 22.1 Å². The lowest BCUT2D eigenvalue weighted by molar-refractivity contribution is 0.858. The molecule has 1 aromatic heterocycles. The van der Waals surface area contributed by atoms with E-state index in [-0.39, 0.29) is 0 Å². The first-order valence-corrected chi connectivity index (χ1v) is 5.24. The Labute approximate surface area is 94.0 Å². The van der Waals surface area contributed by atoms with Gasteiger partial charge in [0.15, 0.2) is 0 Å². The lowest BCUT2D eigenvalue weighted by atomic mass is 10.1. The maximum absolute atomic E-state index is 5.78. The summed E-state index contributed by atoms with van der Waals surface area (Å²) in [6.45, 7) is 0. The molecule has 0 aliphatic heterocycles. The van der Waals surface area contributed by atoms with Gasteiger partial charge < -0.3 is 0 Å². The molecule has 1 aromatic carbocycles. The van der Waals surface area contributed by atoms with Crippen molar-refractivity contribution in [1.82, 2.24) is 9.97 Å². The van der Waals surface area contributed by atoms with Gasteiger partial charge >= 0.3 is 0 Å². The predicted octanol–water partition coefficient (Wildman–Crippen LogP) is 2.92. The molecule has 3 heteroatoms. The highest BCUT2D eigenvalue weighted by Crippen LogP contribution is 2.06. The summed E-state index contributed by atoms with van der Waals surface area (Å²) in [5, 5.41) is 0.507. The summed E-state index contributed by atoms with van der Waals surface area (Å²) in [7, 11) is 0. The monoisotopic (exact) mass is 218 g/mol. The molecule has 0 aliphatic carbocycles. The molecule has 2 aromatic rings. The highest BCUT2D eigenvalue weighted by atomic mass is 35.5. The Balaban J connectivity index is 1.99. The van der Waals surface area contributed by atoms with Gasteiger partial charge in [-0.05, 0) is 18.1 Å². The Morgan fingerprint density at radius 3 is 2.53 bits per heavy atom. The van der Waals surface area contributed by atoms with Crippen LogP contribution in [0.1, 0.15) is 11.4 Å². The van der Waals surface area contributed by atoms with Gasteiger partial charge in [0.05, 0.1) is 0 Å². The summed E-state index contributed by atoms with van der Waals surface area (Å²) in [6.07, 6.45) is 3.46. The number of halogens is 1. The minimum Gasteiger partial charge on any atom is -0.241 e. The number of hydrogen-bond donors (Lipinski definition) is 0. The predicted molar refractivity (Wildman–Crippen MR) is 60.9 cm³/mol. The second-order valence-electron chi connectivity index (χ2n) is 3.28. The molecule has 0 atom stereocenters. The third-order valence-corrected chi connectivity index (χ3v) is 2.36. The van der Waals surface area contributed by atoms with Gasteiger partial charge in [0.1, 0.15) is 11.0 Å². The summed E-state index contributed by atoms with van der Waals surface area (Å²) >= 11 is 5.78. The van der Waals surface area contributed by atoms with Crippen LogP contribution < -0.4 is 0 Å². The van der Waals surface area contributed by atoms with Gasteiger partial charge in [-0.15, -0.1) is 0 Å². The molecule has 2 rings (SSSR count). The Bertz CT molecular complexity index is 429. The molecule has 0 radical (unpaired) electrons. The van der Waals surface area contributed by atoms with Crippen molar-refractivity contribution < 1.29 is 0 Å². The molecule has 0 unspecified atom stereocenters. The Kier molecular flexibility index (Phi) is 3.30. The Hall–Kier alpha value is -1.41. The van der Waals surface area contributed by atoms with Gasteiger partial charge in [0.25, 0.3) is 0 Å². The standard InChI is InChI=1S/C12H11ClN2/c13-11-8-9-14-12(15-11)7-6-10-4-2-1-3-5-10/h1-5,8-9H,6-7H2. The van der Waals surface area contributed by atoms with Crippen molar-refractivity contribution in [3.8, 4) is 0 Å². The zero-order valence-electron chi connectivity index (χ0n) is 8.23. The van der Waals surface area contributed by atoms with Gasteiger partial charge in [-0.1, -0.05) is 41.9 Å². The van der Waals surface area contributed by atoms with Gasteiger partial charge in [-0.25, -0.2) is 9.97 Å². The first-order valence-electron chi connectivity index (χ1n) is 4.86. The number of aromatic nitrogens is 2. The molecular formula is C12H11ClN2.